The SMILES string of the molecule is Cc1cccnc1-c1ccc(-c2[c-]cccc2)nc1.Cc1cnc(-c2[c-]cccc2)cc1-c1ccccn1.[2H]C([2H])([2H])c1ccc(-c2[c-]cccc2)nc1.[2H]C([2H])([2H])c1ccc(-c2[c-]cccc2)nc1.[2H]C([2H])([2H])c1ccc(-c2[c-]cccc2)nc1.[2H]C([2H])([2H])c1ccc(-c2[c-]cccc2)nc1.[2H]C([2H])([2H])c1cnc(-c2[c-]cccc2)cc1-c1ccccn1.[Ir].[Ir].[Ir].[Ir].[c-]1ccccc1-c1cc(-c2ccccn2)ccn1. The molecule has 8 aromatic carbocycles. The molecule has 0 bridgehead atoms. The van der Waals surface area contributed by atoms with Crippen LogP contribution in [0.15, 0.2) is 420 Å². The molecular weight excluding hydrogens is 2320 g/mol. The second-order valence-corrected chi connectivity index (χ2v) is 27.6. The molecular formula is C115H90Ir4N12-8. The molecule has 0 aliphatic heterocycles. The van der Waals surface area contributed by atoms with Crippen LogP contribution in [0.1, 0.15) is 59.5 Å². The summed E-state index contributed by atoms with van der Waals surface area (Å²) in [6, 6.07) is 132. The zero-order valence-corrected chi connectivity index (χ0v) is 80.1. The summed E-state index contributed by atoms with van der Waals surface area (Å²) in [5.41, 5.74) is 24.5. The molecule has 0 amide bonds. The second kappa shape index (κ2) is 54.5. The van der Waals surface area contributed by atoms with Gasteiger partial charge in [0.2, 0.25) is 0 Å². The Balaban J connectivity index is 0.000000185. The topological polar surface area (TPSA) is 155 Å². The van der Waals surface area contributed by atoms with Crippen molar-refractivity contribution in [3.63, 3.8) is 0 Å². The number of hydrogen-bond acceptors (Lipinski definition) is 12. The molecule has 0 aliphatic rings. The fourth-order valence-corrected chi connectivity index (χ4v) is 12.2. The summed E-state index contributed by atoms with van der Waals surface area (Å²) >= 11 is 0. The van der Waals surface area contributed by atoms with Crippen molar-refractivity contribution < 1.29 is 101 Å². The third-order valence-corrected chi connectivity index (χ3v) is 18.6. The zero-order chi connectivity index (χ0) is 100. The summed E-state index contributed by atoms with van der Waals surface area (Å²) in [6.45, 7) is -6.49. The van der Waals surface area contributed by atoms with E-state index < -0.39 is 34.3 Å². The molecule has 0 saturated heterocycles. The largest absolute Gasteiger partial charge is 0.305 e. The molecule has 20 aromatic rings. The van der Waals surface area contributed by atoms with Crippen LogP contribution in [0.25, 0.3) is 135 Å². The van der Waals surface area contributed by atoms with Crippen molar-refractivity contribution in [3.8, 4) is 135 Å². The second-order valence-electron chi connectivity index (χ2n) is 27.6. The Hall–Kier alpha value is -13.8. The minimum Gasteiger partial charge on any atom is -0.305 e. The summed E-state index contributed by atoms with van der Waals surface area (Å²) in [4.78, 5) is 51.6. The summed E-state index contributed by atoms with van der Waals surface area (Å²) in [5.74, 6) is 0. The van der Waals surface area contributed by atoms with Crippen LogP contribution >= 0.6 is 0 Å². The Morgan fingerprint density at radius 1 is 0.191 bits per heavy atom. The molecule has 0 N–H and O–H groups in total. The normalized spacial score (nSPS) is 12.0. The predicted molar refractivity (Wildman–Crippen MR) is 514 cm³/mol. The van der Waals surface area contributed by atoms with E-state index in [1.54, 1.807) is 122 Å². The minimum atomic E-state index is -2.24. The van der Waals surface area contributed by atoms with Gasteiger partial charge >= 0.3 is 0 Å². The molecule has 16 heteroatoms. The van der Waals surface area contributed by atoms with Gasteiger partial charge in [-0.05, 0) is 198 Å². The number of rotatable bonds is 12. The summed E-state index contributed by atoms with van der Waals surface area (Å²) < 4.78 is 110. The van der Waals surface area contributed by atoms with Gasteiger partial charge in [-0.25, -0.2) is 0 Å². The van der Waals surface area contributed by atoms with Gasteiger partial charge in [-0.15, -0.1) is 287 Å². The summed E-state index contributed by atoms with van der Waals surface area (Å²) in [5, 5.41) is 0. The molecule has 0 spiro atoms. The van der Waals surface area contributed by atoms with E-state index in [0.717, 1.165) is 129 Å². The molecule has 0 saturated carbocycles. The fourth-order valence-electron chi connectivity index (χ4n) is 12.2. The Morgan fingerprint density at radius 2 is 0.481 bits per heavy atom. The van der Waals surface area contributed by atoms with Gasteiger partial charge in [0.05, 0.1) is 22.8 Å². The van der Waals surface area contributed by atoms with E-state index in [2.05, 4.69) is 140 Å². The fraction of sp³-hybridized carbons (Fsp3) is 0.0609. The number of aromatic nitrogens is 12. The van der Waals surface area contributed by atoms with E-state index >= 15 is 0 Å². The molecule has 654 valence electrons. The number of hydrogen-bond donors (Lipinski definition) is 0. The summed E-state index contributed by atoms with van der Waals surface area (Å²) in [6.07, 6.45) is 19.6. The van der Waals surface area contributed by atoms with Crippen LogP contribution in [0.2, 0.25) is 0 Å². The molecule has 20 rings (SSSR count). The maximum Gasteiger partial charge on any atom is 0.0745 e. The van der Waals surface area contributed by atoms with Crippen LogP contribution in [-0.4, -0.2) is 59.8 Å². The average Bonchev–Trinajstić information content (AvgIpc) is 0.785. The van der Waals surface area contributed by atoms with E-state index in [4.69, 9.17) is 20.6 Å². The quantitative estimate of drug-likeness (QED) is 0.107. The Kier molecular flexibility index (Phi) is 33.5. The van der Waals surface area contributed by atoms with Crippen LogP contribution in [0, 0.1) is 96.6 Å². The van der Waals surface area contributed by atoms with Gasteiger partial charge in [-0.2, -0.15) is 0 Å². The van der Waals surface area contributed by atoms with Gasteiger partial charge in [0.1, 0.15) is 0 Å². The van der Waals surface area contributed by atoms with Crippen LogP contribution in [-0.2, 0) is 80.4 Å². The Labute approximate surface area is 845 Å². The van der Waals surface area contributed by atoms with Crippen LogP contribution in [0.5, 0.6) is 0 Å². The molecule has 12 nitrogen and oxygen atoms in total. The Bertz CT molecular complexity index is 6820. The Morgan fingerprint density at radius 3 is 0.771 bits per heavy atom. The van der Waals surface area contributed by atoms with E-state index in [1.165, 1.54) is 31.0 Å². The first-order chi connectivity index (χ1) is 68.5. The van der Waals surface area contributed by atoms with Crippen LogP contribution < -0.4 is 0 Å². The van der Waals surface area contributed by atoms with Crippen molar-refractivity contribution in [2.24, 2.45) is 0 Å². The first kappa shape index (κ1) is 80.5. The van der Waals surface area contributed by atoms with Gasteiger partial charge in [0.15, 0.2) is 0 Å². The maximum absolute atomic E-state index is 7.70. The zero-order valence-electron chi connectivity index (χ0n) is 85.5. The smallest absolute Gasteiger partial charge is 0.0745 e. The van der Waals surface area contributed by atoms with Gasteiger partial charge < -0.3 is 39.9 Å². The maximum atomic E-state index is 7.70. The molecule has 12 heterocycles. The molecule has 0 atom stereocenters. The van der Waals surface area contributed by atoms with Crippen molar-refractivity contribution in [2.45, 2.75) is 48.1 Å². The molecule has 12 aromatic heterocycles. The van der Waals surface area contributed by atoms with Crippen LogP contribution in [0.3, 0.4) is 0 Å². The first-order valence-corrected chi connectivity index (χ1v) is 40.2. The van der Waals surface area contributed by atoms with E-state index in [1.807, 2.05) is 249 Å². The van der Waals surface area contributed by atoms with Crippen molar-refractivity contribution in [2.75, 3.05) is 0 Å². The van der Waals surface area contributed by atoms with Crippen molar-refractivity contribution in [1.29, 1.82) is 0 Å². The number of nitrogens with zero attached hydrogens (tertiary/aromatic N) is 12. The number of pyridine rings is 12. The van der Waals surface area contributed by atoms with E-state index in [-0.39, 0.29) is 108 Å². The predicted octanol–water partition coefficient (Wildman–Crippen LogP) is 26.8. The van der Waals surface area contributed by atoms with Crippen LogP contribution in [0.4, 0.5) is 0 Å². The summed E-state index contributed by atoms with van der Waals surface area (Å²) in [7, 11) is 0. The average molecular weight is 2420 g/mol. The van der Waals surface area contributed by atoms with Crippen molar-refractivity contribution in [3.05, 3.63) is 508 Å². The number of aryl methyl sites for hydroxylation is 7. The van der Waals surface area contributed by atoms with Gasteiger partial charge in [0.25, 0.3) is 0 Å². The van der Waals surface area contributed by atoms with Crippen molar-refractivity contribution in [1.82, 2.24) is 59.8 Å². The first-order valence-electron chi connectivity index (χ1n) is 47.7. The number of benzene rings is 8. The van der Waals surface area contributed by atoms with E-state index in [0.29, 0.717) is 17.0 Å². The van der Waals surface area contributed by atoms with E-state index in [9.17, 15) is 0 Å². The molecule has 4 radical (unpaired) electrons. The van der Waals surface area contributed by atoms with Crippen molar-refractivity contribution >= 4 is 0 Å². The standard InChI is InChI=1S/3C17H13N2.C16H11N2.4C12H10N.4Ir/c1-13-6-5-11-18-17(13)15-9-10-16(19-12-15)14-7-3-2-4-8-14;2*1-13-12-19-17(14-7-3-2-4-8-14)11-15(13)16-9-5-6-10-18-16;1-2-6-13(7-3-1)16-12-14(9-11-18-16)15-8-4-5-10-17-15;4*1-10-7-8-12(13-9-10)11-5-3-2-4-6-11;;;;/h3*2-7,9-12H,1H3;1-6,8-12H;4*2-5,7-9H,1H3;;;;/q8*-1;;;;/i;1D3;;;4*1D3;;;;. The minimum absolute atomic E-state index is 0. The third kappa shape index (κ3) is 31.5. The van der Waals surface area contributed by atoms with Gasteiger partial charge in [0, 0.05) is 181 Å². The third-order valence-electron chi connectivity index (χ3n) is 18.6. The molecule has 131 heavy (non-hydrogen) atoms. The molecule has 0 fully saturated rings. The van der Waals surface area contributed by atoms with Gasteiger partial charge in [-0.3, -0.25) is 19.9 Å². The molecule has 0 aliphatic carbocycles. The monoisotopic (exact) mass is 2430 g/mol. The molecule has 0 unspecified atom stereocenters. The van der Waals surface area contributed by atoms with Gasteiger partial charge in [-0.1, -0.05) is 103 Å².